The summed E-state index contributed by atoms with van der Waals surface area (Å²) in [4.78, 5) is 0. The lowest BCUT2D eigenvalue weighted by molar-refractivity contribution is 0.376. The standard InChI is InChI=1S/C39H80/c1-4-7-9-11-13-15-16-17-18-19-20-21-22-23-24-25-26-27-29-31-33-35-38-39(36-6-3)37-34-32-30-28-14-12-10-8-5-2/h39H,4-38H2,1-3H3. The molecule has 0 radical (unpaired) electrons. The van der Waals surface area contributed by atoms with Gasteiger partial charge in [0, 0.05) is 0 Å². The lowest BCUT2D eigenvalue weighted by atomic mass is 9.90. The molecular formula is C39H80. The molecule has 1 unspecified atom stereocenters. The fraction of sp³-hybridized carbons (Fsp3) is 1.00. The van der Waals surface area contributed by atoms with Crippen molar-refractivity contribution in [3.05, 3.63) is 0 Å². The number of hydrogen-bond acceptors (Lipinski definition) is 0. The van der Waals surface area contributed by atoms with E-state index in [-0.39, 0.29) is 0 Å². The van der Waals surface area contributed by atoms with Gasteiger partial charge in [-0.15, -0.1) is 0 Å². The zero-order chi connectivity index (χ0) is 28.3. The molecule has 0 bridgehead atoms. The highest BCUT2D eigenvalue weighted by Gasteiger charge is 2.07. The van der Waals surface area contributed by atoms with E-state index in [0.29, 0.717) is 0 Å². The number of unbranched alkanes of at least 4 members (excludes halogenated alkanes) is 29. The Morgan fingerprint density at radius 1 is 0.205 bits per heavy atom. The second-order valence-electron chi connectivity index (χ2n) is 13.5. The quantitative estimate of drug-likeness (QED) is 0.0691. The van der Waals surface area contributed by atoms with Gasteiger partial charge in [-0.2, -0.15) is 0 Å². The minimum Gasteiger partial charge on any atom is -0.0654 e. The van der Waals surface area contributed by atoms with E-state index in [2.05, 4.69) is 20.8 Å². The van der Waals surface area contributed by atoms with Crippen molar-refractivity contribution in [3.8, 4) is 0 Å². The highest BCUT2D eigenvalue weighted by molar-refractivity contribution is 4.61. The van der Waals surface area contributed by atoms with Gasteiger partial charge in [0.15, 0.2) is 0 Å². The van der Waals surface area contributed by atoms with Crippen molar-refractivity contribution >= 4 is 0 Å². The Bertz CT molecular complexity index is 399. The van der Waals surface area contributed by atoms with Crippen molar-refractivity contribution < 1.29 is 0 Å². The fourth-order valence-electron chi connectivity index (χ4n) is 6.63. The molecule has 0 saturated heterocycles. The van der Waals surface area contributed by atoms with Gasteiger partial charge in [0.25, 0.3) is 0 Å². The van der Waals surface area contributed by atoms with Crippen LogP contribution in [0.2, 0.25) is 0 Å². The fourth-order valence-corrected chi connectivity index (χ4v) is 6.63. The average Bonchev–Trinajstić information content (AvgIpc) is 2.94. The van der Waals surface area contributed by atoms with Crippen LogP contribution >= 0.6 is 0 Å². The Morgan fingerprint density at radius 2 is 0.410 bits per heavy atom. The van der Waals surface area contributed by atoms with E-state index in [0.717, 1.165) is 5.92 Å². The number of hydrogen-bond donors (Lipinski definition) is 0. The first-order valence-electron chi connectivity index (χ1n) is 19.3. The van der Waals surface area contributed by atoms with E-state index in [4.69, 9.17) is 0 Å². The highest BCUT2D eigenvalue weighted by atomic mass is 14.1. The van der Waals surface area contributed by atoms with E-state index in [1.54, 1.807) is 0 Å². The van der Waals surface area contributed by atoms with Crippen molar-refractivity contribution in [2.45, 2.75) is 245 Å². The van der Waals surface area contributed by atoms with Gasteiger partial charge in [0.05, 0.1) is 0 Å². The van der Waals surface area contributed by atoms with E-state index in [1.165, 1.54) is 225 Å². The normalized spacial score (nSPS) is 12.4. The minimum atomic E-state index is 1.03. The molecule has 236 valence electrons. The Kier molecular flexibility index (Phi) is 36.0. The van der Waals surface area contributed by atoms with Crippen LogP contribution in [0, 0.1) is 5.92 Å². The zero-order valence-corrected chi connectivity index (χ0v) is 28.3. The van der Waals surface area contributed by atoms with Crippen molar-refractivity contribution in [1.29, 1.82) is 0 Å². The summed E-state index contributed by atoms with van der Waals surface area (Å²) >= 11 is 0. The molecule has 0 amide bonds. The van der Waals surface area contributed by atoms with E-state index < -0.39 is 0 Å². The molecular weight excluding hydrogens is 468 g/mol. The summed E-state index contributed by atoms with van der Waals surface area (Å²) in [5.74, 6) is 1.03. The molecule has 0 N–H and O–H groups in total. The molecule has 0 heteroatoms. The maximum absolute atomic E-state index is 2.39. The maximum Gasteiger partial charge on any atom is -0.0414 e. The Labute approximate surface area is 251 Å². The lowest BCUT2D eigenvalue weighted by Crippen LogP contribution is -2.00. The summed E-state index contributed by atoms with van der Waals surface area (Å²) in [5.41, 5.74) is 0. The van der Waals surface area contributed by atoms with Crippen molar-refractivity contribution in [3.63, 3.8) is 0 Å². The summed E-state index contributed by atoms with van der Waals surface area (Å²) in [7, 11) is 0. The average molecular weight is 549 g/mol. The smallest absolute Gasteiger partial charge is 0.0414 e. The van der Waals surface area contributed by atoms with E-state index in [1.807, 2.05) is 0 Å². The minimum absolute atomic E-state index is 1.03. The Balaban J connectivity index is 3.29. The third kappa shape index (κ3) is 34.1. The van der Waals surface area contributed by atoms with Crippen LogP contribution in [0.15, 0.2) is 0 Å². The summed E-state index contributed by atoms with van der Waals surface area (Å²) in [6.07, 6.45) is 51.8. The molecule has 0 aliphatic heterocycles. The third-order valence-electron chi connectivity index (χ3n) is 9.38. The third-order valence-corrected chi connectivity index (χ3v) is 9.38. The van der Waals surface area contributed by atoms with E-state index in [9.17, 15) is 0 Å². The van der Waals surface area contributed by atoms with Crippen LogP contribution in [0.3, 0.4) is 0 Å². The van der Waals surface area contributed by atoms with Crippen LogP contribution in [0.5, 0.6) is 0 Å². The molecule has 0 aromatic heterocycles. The predicted molar refractivity (Wildman–Crippen MR) is 182 cm³/mol. The molecule has 0 aliphatic rings. The Hall–Kier alpha value is 0. The molecule has 0 nitrogen and oxygen atoms in total. The second kappa shape index (κ2) is 36.0. The Morgan fingerprint density at radius 3 is 0.615 bits per heavy atom. The molecule has 0 saturated carbocycles. The largest absolute Gasteiger partial charge is 0.0654 e. The summed E-state index contributed by atoms with van der Waals surface area (Å²) < 4.78 is 0. The second-order valence-corrected chi connectivity index (χ2v) is 13.5. The topological polar surface area (TPSA) is 0 Å². The van der Waals surface area contributed by atoms with Gasteiger partial charge < -0.3 is 0 Å². The summed E-state index contributed by atoms with van der Waals surface area (Å²) in [5, 5.41) is 0. The molecule has 39 heavy (non-hydrogen) atoms. The van der Waals surface area contributed by atoms with Crippen LogP contribution < -0.4 is 0 Å². The molecule has 1 atom stereocenters. The van der Waals surface area contributed by atoms with Gasteiger partial charge in [-0.3, -0.25) is 0 Å². The summed E-state index contributed by atoms with van der Waals surface area (Å²) in [6, 6.07) is 0. The van der Waals surface area contributed by atoms with Crippen LogP contribution in [-0.4, -0.2) is 0 Å². The first-order valence-corrected chi connectivity index (χ1v) is 19.3. The van der Waals surface area contributed by atoms with Crippen LogP contribution in [0.25, 0.3) is 0 Å². The molecule has 0 spiro atoms. The van der Waals surface area contributed by atoms with Crippen molar-refractivity contribution in [1.82, 2.24) is 0 Å². The zero-order valence-electron chi connectivity index (χ0n) is 28.3. The maximum atomic E-state index is 2.39. The summed E-state index contributed by atoms with van der Waals surface area (Å²) in [6.45, 7) is 7.02. The first-order chi connectivity index (χ1) is 19.3. The molecule has 0 heterocycles. The van der Waals surface area contributed by atoms with Gasteiger partial charge in [0.2, 0.25) is 0 Å². The molecule has 0 aliphatic carbocycles. The molecule has 0 aromatic carbocycles. The molecule has 0 aromatic rings. The SMILES string of the molecule is CCCCCCCCCCCCCCCCCCCCCCCCC(CCC)CCCCCCCCCCC. The first kappa shape index (κ1) is 39.0. The highest BCUT2D eigenvalue weighted by Crippen LogP contribution is 2.23. The van der Waals surface area contributed by atoms with Crippen molar-refractivity contribution in [2.75, 3.05) is 0 Å². The van der Waals surface area contributed by atoms with Crippen LogP contribution in [-0.2, 0) is 0 Å². The monoisotopic (exact) mass is 549 g/mol. The molecule has 0 fully saturated rings. The van der Waals surface area contributed by atoms with Gasteiger partial charge in [0.1, 0.15) is 0 Å². The van der Waals surface area contributed by atoms with Gasteiger partial charge >= 0.3 is 0 Å². The van der Waals surface area contributed by atoms with Gasteiger partial charge in [-0.05, 0) is 5.92 Å². The lowest BCUT2D eigenvalue weighted by Gasteiger charge is -2.16. The van der Waals surface area contributed by atoms with Crippen molar-refractivity contribution in [2.24, 2.45) is 5.92 Å². The molecule has 0 rings (SSSR count). The van der Waals surface area contributed by atoms with Crippen LogP contribution in [0.4, 0.5) is 0 Å². The van der Waals surface area contributed by atoms with Crippen LogP contribution in [0.1, 0.15) is 245 Å². The van der Waals surface area contributed by atoms with Gasteiger partial charge in [-0.1, -0.05) is 245 Å². The van der Waals surface area contributed by atoms with Gasteiger partial charge in [-0.25, -0.2) is 0 Å². The predicted octanol–water partition coefficient (Wildman–Crippen LogP) is 15.3. The van der Waals surface area contributed by atoms with E-state index >= 15 is 0 Å². The number of rotatable bonds is 35.